The number of carbonyl (C=O) groups excluding carboxylic acids is 2. The number of aromatic nitrogens is 4. The van der Waals surface area contributed by atoms with Crippen LogP contribution >= 0.6 is 11.8 Å². The lowest BCUT2D eigenvalue weighted by Crippen LogP contribution is -2.31. The highest BCUT2D eigenvalue weighted by Crippen LogP contribution is 2.24. The molecule has 1 heterocycles. The highest BCUT2D eigenvalue weighted by atomic mass is 32.2. The number of nitrogens with zero attached hydrogens (tertiary/aromatic N) is 4. The minimum absolute atomic E-state index is 0.0617. The smallest absolute Gasteiger partial charge is 0.256 e. The largest absolute Gasteiger partial charge is 0.353 e. The van der Waals surface area contributed by atoms with Crippen LogP contribution in [0.15, 0.2) is 59.8 Å². The lowest BCUT2D eigenvalue weighted by molar-refractivity contribution is -0.119. The second-order valence-electron chi connectivity index (χ2n) is 6.26. The van der Waals surface area contributed by atoms with E-state index in [1.807, 2.05) is 38.1 Å². The van der Waals surface area contributed by atoms with Gasteiger partial charge in [-0.15, -0.1) is 16.9 Å². The molecule has 0 saturated carbocycles. The highest BCUT2D eigenvalue weighted by molar-refractivity contribution is 8.00. The van der Waals surface area contributed by atoms with Gasteiger partial charge in [0.15, 0.2) is 0 Å². The fraction of sp³-hybridized carbons (Fsp3) is 0.211. The minimum Gasteiger partial charge on any atom is -0.353 e. The molecule has 9 heteroatoms. The summed E-state index contributed by atoms with van der Waals surface area (Å²) in [6.07, 6.45) is 1.50. The second-order valence-corrected chi connectivity index (χ2v) is 7.28. The average molecular weight is 396 g/mol. The van der Waals surface area contributed by atoms with Gasteiger partial charge in [0.25, 0.3) is 5.91 Å². The number of hydrogen-bond donors (Lipinski definition) is 2. The first-order chi connectivity index (χ1) is 13.5. The molecule has 2 N–H and O–H groups in total. The summed E-state index contributed by atoms with van der Waals surface area (Å²) in [6.45, 7) is 3.82. The first-order valence-electron chi connectivity index (χ1n) is 8.69. The Bertz CT molecular complexity index is 941. The molecule has 3 rings (SSSR count). The zero-order chi connectivity index (χ0) is 19.9. The third-order valence-corrected chi connectivity index (χ3v) is 4.75. The van der Waals surface area contributed by atoms with Gasteiger partial charge in [-0.3, -0.25) is 9.59 Å². The molecule has 28 heavy (non-hydrogen) atoms. The topological polar surface area (TPSA) is 102 Å². The lowest BCUT2D eigenvalue weighted by atomic mass is 10.2. The van der Waals surface area contributed by atoms with Crippen LogP contribution in [0.1, 0.15) is 24.2 Å². The molecule has 144 valence electrons. The van der Waals surface area contributed by atoms with E-state index in [9.17, 15) is 9.59 Å². The van der Waals surface area contributed by atoms with E-state index in [0.29, 0.717) is 11.3 Å². The van der Waals surface area contributed by atoms with Crippen LogP contribution in [0.3, 0.4) is 0 Å². The monoisotopic (exact) mass is 396 g/mol. The molecule has 1 aromatic heterocycles. The number of amides is 2. The molecule has 0 bridgehead atoms. The van der Waals surface area contributed by atoms with Crippen molar-refractivity contribution in [2.45, 2.75) is 24.8 Å². The van der Waals surface area contributed by atoms with Gasteiger partial charge in [-0.25, -0.2) is 4.68 Å². The fourth-order valence-corrected chi connectivity index (χ4v) is 3.32. The maximum absolute atomic E-state index is 12.7. The minimum atomic E-state index is -0.234. The van der Waals surface area contributed by atoms with Crippen molar-refractivity contribution >= 4 is 29.3 Å². The Morgan fingerprint density at radius 2 is 1.86 bits per heavy atom. The molecule has 2 amide bonds. The van der Waals surface area contributed by atoms with E-state index in [-0.39, 0.29) is 23.6 Å². The molecule has 0 saturated heterocycles. The van der Waals surface area contributed by atoms with Crippen molar-refractivity contribution in [1.29, 1.82) is 0 Å². The summed E-state index contributed by atoms with van der Waals surface area (Å²) in [6, 6.07) is 14.5. The molecule has 0 fully saturated rings. The van der Waals surface area contributed by atoms with E-state index in [4.69, 9.17) is 0 Å². The first-order valence-corrected chi connectivity index (χ1v) is 9.67. The van der Waals surface area contributed by atoms with Crippen molar-refractivity contribution in [1.82, 2.24) is 25.5 Å². The molecular formula is C19H20N6O2S. The van der Waals surface area contributed by atoms with Crippen molar-refractivity contribution in [3.8, 4) is 5.69 Å². The lowest BCUT2D eigenvalue weighted by Gasteiger charge is -2.11. The zero-order valence-corrected chi connectivity index (χ0v) is 16.3. The van der Waals surface area contributed by atoms with Crippen LogP contribution in [-0.4, -0.2) is 43.8 Å². The van der Waals surface area contributed by atoms with Gasteiger partial charge in [0.1, 0.15) is 6.33 Å². The maximum atomic E-state index is 12.7. The van der Waals surface area contributed by atoms with Gasteiger partial charge in [-0.1, -0.05) is 12.1 Å². The van der Waals surface area contributed by atoms with Crippen molar-refractivity contribution < 1.29 is 9.59 Å². The van der Waals surface area contributed by atoms with E-state index in [1.54, 1.807) is 24.3 Å². The van der Waals surface area contributed by atoms with Crippen molar-refractivity contribution in [3.05, 3.63) is 60.4 Å². The van der Waals surface area contributed by atoms with Crippen LogP contribution < -0.4 is 10.6 Å². The number of thioether (sulfide) groups is 1. The van der Waals surface area contributed by atoms with E-state index < -0.39 is 0 Å². The normalized spacial score (nSPS) is 10.7. The third kappa shape index (κ3) is 5.17. The molecule has 0 radical (unpaired) electrons. The van der Waals surface area contributed by atoms with Gasteiger partial charge >= 0.3 is 0 Å². The van der Waals surface area contributed by atoms with Crippen LogP contribution in [0.25, 0.3) is 5.69 Å². The Morgan fingerprint density at radius 1 is 1.11 bits per heavy atom. The Kier molecular flexibility index (Phi) is 6.38. The van der Waals surface area contributed by atoms with Gasteiger partial charge in [-0.2, -0.15) is 0 Å². The molecule has 0 unspecified atom stereocenters. The van der Waals surface area contributed by atoms with Crippen LogP contribution in [-0.2, 0) is 4.79 Å². The molecule has 2 aromatic carbocycles. The Balaban J connectivity index is 1.66. The van der Waals surface area contributed by atoms with Gasteiger partial charge < -0.3 is 10.6 Å². The predicted octanol–water partition coefficient (Wildman–Crippen LogP) is 2.53. The molecule has 3 aromatic rings. The van der Waals surface area contributed by atoms with Crippen LogP contribution in [0.2, 0.25) is 0 Å². The number of anilines is 1. The Hall–Kier alpha value is -3.20. The summed E-state index contributed by atoms with van der Waals surface area (Å²) < 4.78 is 1.53. The molecule has 0 aliphatic heterocycles. The number of nitrogens with one attached hydrogen (secondary N) is 2. The fourth-order valence-electron chi connectivity index (χ4n) is 2.46. The average Bonchev–Trinajstić information content (AvgIpc) is 3.21. The summed E-state index contributed by atoms with van der Waals surface area (Å²) in [5.74, 6) is -0.0423. The van der Waals surface area contributed by atoms with E-state index in [0.717, 1.165) is 10.6 Å². The number of benzene rings is 2. The summed E-state index contributed by atoms with van der Waals surface area (Å²) in [7, 11) is 0. The zero-order valence-electron chi connectivity index (χ0n) is 15.5. The Morgan fingerprint density at radius 3 is 2.54 bits per heavy atom. The first kappa shape index (κ1) is 19.6. The van der Waals surface area contributed by atoms with Crippen LogP contribution in [0.5, 0.6) is 0 Å². The van der Waals surface area contributed by atoms with Gasteiger partial charge in [0, 0.05) is 16.6 Å². The predicted molar refractivity (Wildman–Crippen MR) is 108 cm³/mol. The summed E-state index contributed by atoms with van der Waals surface area (Å²) in [5.41, 5.74) is 1.96. The molecule has 0 atom stereocenters. The number of carbonyl (C=O) groups is 2. The third-order valence-electron chi connectivity index (χ3n) is 3.68. The summed E-state index contributed by atoms with van der Waals surface area (Å²) in [5, 5.41) is 16.7. The van der Waals surface area contributed by atoms with E-state index in [2.05, 4.69) is 26.2 Å². The number of hydrogen-bond acceptors (Lipinski definition) is 6. The molecule has 0 spiro atoms. The van der Waals surface area contributed by atoms with Crippen molar-refractivity contribution in [2.24, 2.45) is 0 Å². The molecule has 0 aliphatic rings. The van der Waals surface area contributed by atoms with Crippen molar-refractivity contribution in [3.63, 3.8) is 0 Å². The maximum Gasteiger partial charge on any atom is 0.256 e. The number of tetrazole rings is 1. The van der Waals surface area contributed by atoms with Crippen molar-refractivity contribution in [2.75, 3.05) is 11.1 Å². The van der Waals surface area contributed by atoms with Gasteiger partial charge in [0.2, 0.25) is 5.91 Å². The van der Waals surface area contributed by atoms with E-state index >= 15 is 0 Å². The summed E-state index contributed by atoms with van der Waals surface area (Å²) in [4.78, 5) is 25.3. The molecule has 0 aliphatic carbocycles. The van der Waals surface area contributed by atoms with Gasteiger partial charge in [0.05, 0.1) is 17.0 Å². The van der Waals surface area contributed by atoms with Crippen LogP contribution in [0.4, 0.5) is 5.69 Å². The Labute approximate surface area is 166 Å². The quantitative estimate of drug-likeness (QED) is 0.595. The SMILES string of the molecule is CC(C)NC(=O)CSc1ccccc1C(=O)Nc1ccc(-n2cnnn2)cc1. The van der Waals surface area contributed by atoms with E-state index in [1.165, 1.54) is 22.8 Å². The van der Waals surface area contributed by atoms with Gasteiger partial charge in [-0.05, 0) is 60.7 Å². The molecular weight excluding hydrogens is 376 g/mol. The second kappa shape index (κ2) is 9.14. The highest BCUT2D eigenvalue weighted by Gasteiger charge is 2.13. The van der Waals surface area contributed by atoms with Crippen LogP contribution in [0, 0.1) is 0 Å². The standard InChI is InChI=1S/C19H20N6O2S/c1-13(2)21-18(26)11-28-17-6-4-3-5-16(17)19(27)22-14-7-9-15(10-8-14)25-12-20-23-24-25/h3-10,12-13H,11H2,1-2H3,(H,21,26)(H,22,27). The molecule has 8 nitrogen and oxygen atoms in total. The number of rotatable bonds is 7. The summed E-state index contributed by atoms with van der Waals surface area (Å²) >= 11 is 1.34.